The predicted octanol–water partition coefficient (Wildman–Crippen LogP) is 5.03. The number of halogens is 2. The van der Waals surface area contributed by atoms with Crippen molar-refractivity contribution in [3.8, 4) is 0 Å². The van der Waals surface area contributed by atoms with Gasteiger partial charge in [0.05, 0.1) is 22.3 Å². The summed E-state index contributed by atoms with van der Waals surface area (Å²) in [5.41, 5.74) is 2.22. The van der Waals surface area contributed by atoms with E-state index in [2.05, 4.69) is 31.1 Å². The van der Waals surface area contributed by atoms with Crippen LogP contribution in [0, 0.1) is 0 Å². The molecule has 0 aliphatic carbocycles. The molecule has 0 saturated carbocycles. The Kier molecular flexibility index (Phi) is 4.89. The van der Waals surface area contributed by atoms with E-state index in [9.17, 15) is 0 Å². The first-order valence-corrected chi connectivity index (χ1v) is 7.32. The van der Waals surface area contributed by atoms with Crippen molar-refractivity contribution in [3.05, 3.63) is 52.8 Å². The molecule has 0 fully saturated rings. The zero-order valence-electron chi connectivity index (χ0n) is 11.2. The van der Waals surface area contributed by atoms with Crippen LogP contribution in [-0.2, 0) is 6.42 Å². The summed E-state index contributed by atoms with van der Waals surface area (Å²) in [5, 5.41) is 5.04. The Balaban J connectivity index is 2.05. The highest BCUT2D eigenvalue weighted by molar-refractivity contribution is 6.31. The van der Waals surface area contributed by atoms with Crippen LogP contribution in [0.2, 0.25) is 5.02 Å². The standard InChI is InChI=1S/C15H18Cl2N2/c1-11(2)19-15(14(17)10-18-19)9-8-13(16)12-6-4-3-5-7-12/h3-7,10-11,13H,8-9H2,1-2H3. The number of benzene rings is 1. The van der Waals surface area contributed by atoms with Crippen molar-refractivity contribution in [3.63, 3.8) is 0 Å². The average Bonchev–Trinajstić information content (AvgIpc) is 2.78. The maximum absolute atomic E-state index is 6.43. The Bertz CT molecular complexity index is 520. The first-order valence-electron chi connectivity index (χ1n) is 6.50. The molecule has 2 aromatic rings. The first-order chi connectivity index (χ1) is 9.09. The third-order valence-electron chi connectivity index (χ3n) is 3.13. The van der Waals surface area contributed by atoms with E-state index in [0.29, 0.717) is 6.04 Å². The highest BCUT2D eigenvalue weighted by atomic mass is 35.5. The molecule has 102 valence electrons. The molecule has 0 spiro atoms. The molecule has 1 heterocycles. The number of nitrogens with zero attached hydrogens (tertiary/aromatic N) is 2. The first kappa shape index (κ1) is 14.4. The maximum Gasteiger partial charge on any atom is 0.0817 e. The van der Waals surface area contributed by atoms with Gasteiger partial charge in [-0.2, -0.15) is 5.10 Å². The third-order valence-corrected chi connectivity index (χ3v) is 3.92. The van der Waals surface area contributed by atoms with E-state index in [1.54, 1.807) is 6.20 Å². The minimum atomic E-state index is 0.00720. The van der Waals surface area contributed by atoms with Gasteiger partial charge in [0.2, 0.25) is 0 Å². The molecular weight excluding hydrogens is 279 g/mol. The smallest absolute Gasteiger partial charge is 0.0817 e. The summed E-state index contributed by atoms with van der Waals surface area (Å²) in [6, 6.07) is 10.4. The van der Waals surface area contributed by atoms with Gasteiger partial charge in [-0.1, -0.05) is 41.9 Å². The summed E-state index contributed by atoms with van der Waals surface area (Å²) in [7, 11) is 0. The molecule has 1 atom stereocenters. The Labute approximate surface area is 124 Å². The zero-order chi connectivity index (χ0) is 13.8. The van der Waals surface area contributed by atoms with Gasteiger partial charge >= 0.3 is 0 Å². The van der Waals surface area contributed by atoms with Gasteiger partial charge in [0.25, 0.3) is 0 Å². The lowest BCUT2D eigenvalue weighted by molar-refractivity contribution is 0.504. The molecule has 0 amide bonds. The van der Waals surface area contributed by atoms with Crippen LogP contribution in [0.3, 0.4) is 0 Å². The number of rotatable bonds is 5. The van der Waals surface area contributed by atoms with Gasteiger partial charge in [-0.3, -0.25) is 4.68 Å². The Hall–Kier alpha value is -0.990. The second kappa shape index (κ2) is 6.44. The van der Waals surface area contributed by atoms with Gasteiger partial charge < -0.3 is 0 Å². The van der Waals surface area contributed by atoms with E-state index in [4.69, 9.17) is 23.2 Å². The number of hydrogen-bond donors (Lipinski definition) is 0. The molecule has 1 aromatic heterocycles. The predicted molar refractivity (Wildman–Crippen MR) is 81.0 cm³/mol. The van der Waals surface area contributed by atoms with Gasteiger partial charge in [0.15, 0.2) is 0 Å². The molecule has 0 aliphatic heterocycles. The molecule has 0 aliphatic rings. The van der Waals surface area contributed by atoms with Crippen LogP contribution < -0.4 is 0 Å². The number of hydrogen-bond acceptors (Lipinski definition) is 1. The van der Waals surface area contributed by atoms with Gasteiger partial charge in [-0.05, 0) is 32.3 Å². The van der Waals surface area contributed by atoms with Crippen molar-refractivity contribution in [2.75, 3.05) is 0 Å². The average molecular weight is 297 g/mol. The van der Waals surface area contributed by atoms with Crippen molar-refractivity contribution in [2.45, 2.75) is 38.1 Å². The number of aromatic nitrogens is 2. The van der Waals surface area contributed by atoms with Gasteiger partial charge in [-0.15, -0.1) is 11.6 Å². The van der Waals surface area contributed by atoms with Gasteiger partial charge in [0, 0.05) is 6.04 Å². The molecule has 19 heavy (non-hydrogen) atoms. The lowest BCUT2D eigenvalue weighted by Crippen LogP contribution is -2.08. The molecule has 4 heteroatoms. The minimum Gasteiger partial charge on any atom is -0.266 e. The Morgan fingerprint density at radius 2 is 1.89 bits per heavy atom. The quantitative estimate of drug-likeness (QED) is 0.708. The lowest BCUT2D eigenvalue weighted by Gasteiger charge is -2.13. The van der Waals surface area contributed by atoms with E-state index >= 15 is 0 Å². The monoisotopic (exact) mass is 296 g/mol. The van der Waals surface area contributed by atoms with E-state index in [-0.39, 0.29) is 5.38 Å². The van der Waals surface area contributed by atoms with Gasteiger partial charge in [0.1, 0.15) is 0 Å². The Morgan fingerprint density at radius 1 is 1.21 bits per heavy atom. The zero-order valence-corrected chi connectivity index (χ0v) is 12.7. The topological polar surface area (TPSA) is 17.8 Å². The summed E-state index contributed by atoms with van der Waals surface area (Å²) in [5.74, 6) is 0. The highest BCUT2D eigenvalue weighted by Gasteiger charge is 2.14. The van der Waals surface area contributed by atoms with Crippen LogP contribution in [0.25, 0.3) is 0 Å². The SMILES string of the molecule is CC(C)n1ncc(Cl)c1CCC(Cl)c1ccccc1. The molecule has 0 saturated heterocycles. The van der Waals surface area contributed by atoms with Crippen molar-refractivity contribution >= 4 is 23.2 Å². The molecule has 1 aromatic carbocycles. The van der Waals surface area contributed by atoms with Gasteiger partial charge in [-0.25, -0.2) is 0 Å². The molecule has 0 N–H and O–H groups in total. The van der Waals surface area contributed by atoms with Crippen molar-refractivity contribution < 1.29 is 0 Å². The Morgan fingerprint density at radius 3 is 2.53 bits per heavy atom. The second-order valence-electron chi connectivity index (χ2n) is 4.89. The van der Waals surface area contributed by atoms with Crippen LogP contribution in [0.5, 0.6) is 0 Å². The van der Waals surface area contributed by atoms with E-state index < -0.39 is 0 Å². The molecule has 2 rings (SSSR count). The van der Waals surface area contributed by atoms with Crippen LogP contribution in [0.15, 0.2) is 36.5 Å². The van der Waals surface area contributed by atoms with E-state index in [1.807, 2.05) is 22.9 Å². The second-order valence-corrected chi connectivity index (χ2v) is 5.83. The fourth-order valence-corrected chi connectivity index (χ4v) is 2.62. The van der Waals surface area contributed by atoms with E-state index in [0.717, 1.165) is 29.1 Å². The summed E-state index contributed by atoms with van der Waals surface area (Å²) in [4.78, 5) is 0. The number of alkyl halides is 1. The fourth-order valence-electron chi connectivity index (χ4n) is 2.14. The van der Waals surface area contributed by atoms with E-state index in [1.165, 1.54) is 0 Å². The normalized spacial score (nSPS) is 12.9. The molecule has 2 nitrogen and oxygen atoms in total. The summed E-state index contributed by atoms with van der Waals surface area (Å²) in [6.45, 7) is 4.20. The van der Waals surface area contributed by atoms with Crippen LogP contribution >= 0.6 is 23.2 Å². The largest absolute Gasteiger partial charge is 0.266 e. The summed E-state index contributed by atoms with van der Waals surface area (Å²) >= 11 is 12.6. The molecular formula is C15H18Cl2N2. The molecule has 1 unspecified atom stereocenters. The summed E-state index contributed by atoms with van der Waals surface area (Å²) < 4.78 is 1.97. The van der Waals surface area contributed by atoms with Crippen LogP contribution in [-0.4, -0.2) is 9.78 Å². The van der Waals surface area contributed by atoms with Crippen LogP contribution in [0.1, 0.15) is 42.9 Å². The highest BCUT2D eigenvalue weighted by Crippen LogP contribution is 2.28. The maximum atomic E-state index is 6.43. The van der Waals surface area contributed by atoms with Crippen molar-refractivity contribution in [1.29, 1.82) is 0 Å². The molecule has 0 bridgehead atoms. The van der Waals surface area contributed by atoms with Crippen molar-refractivity contribution in [2.24, 2.45) is 0 Å². The minimum absolute atomic E-state index is 0.00720. The lowest BCUT2D eigenvalue weighted by atomic mass is 10.1. The third kappa shape index (κ3) is 3.52. The fraction of sp³-hybridized carbons (Fsp3) is 0.400. The van der Waals surface area contributed by atoms with Crippen molar-refractivity contribution in [1.82, 2.24) is 9.78 Å². The van der Waals surface area contributed by atoms with Crippen LogP contribution in [0.4, 0.5) is 0 Å². The summed E-state index contributed by atoms with van der Waals surface area (Å²) in [6.07, 6.45) is 3.40. The molecule has 0 radical (unpaired) electrons.